The first-order valence-electron chi connectivity index (χ1n) is 6.90. The molecule has 0 aliphatic heterocycles. The first-order valence-corrected chi connectivity index (χ1v) is 6.90. The van der Waals surface area contributed by atoms with Gasteiger partial charge in [-0.2, -0.15) is 4.80 Å². The molecule has 2 rings (SSSR count). The van der Waals surface area contributed by atoms with Crippen molar-refractivity contribution in [2.24, 2.45) is 18.2 Å². The van der Waals surface area contributed by atoms with Crippen molar-refractivity contribution in [3.05, 3.63) is 5.82 Å². The molecule has 1 aromatic heterocycles. The van der Waals surface area contributed by atoms with Crippen LogP contribution in [0.25, 0.3) is 0 Å². The Hall–Kier alpha value is -1.01. The van der Waals surface area contributed by atoms with E-state index in [1.807, 2.05) is 0 Å². The summed E-state index contributed by atoms with van der Waals surface area (Å²) in [7, 11) is 3.53. The van der Waals surface area contributed by atoms with Crippen LogP contribution in [0.2, 0.25) is 0 Å². The summed E-state index contributed by atoms with van der Waals surface area (Å²) in [4.78, 5) is 1.46. The highest BCUT2D eigenvalue weighted by atomic mass is 16.5. The molecule has 2 N–H and O–H groups in total. The molecule has 1 aromatic rings. The van der Waals surface area contributed by atoms with Gasteiger partial charge in [0, 0.05) is 19.6 Å². The minimum Gasteiger partial charge on any atom is -0.377 e. The van der Waals surface area contributed by atoms with E-state index in [2.05, 4.69) is 29.3 Å². The summed E-state index contributed by atoms with van der Waals surface area (Å²) >= 11 is 0. The smallest absolute Gasteiger partial charge is 0.176 e. The molecular formula is C13H25N5O. The Morgan fingerprint density at radius 3 is 2.42 bits per heavy atom. The van der Waals surface area contributed by atoms with Crippen LogP contribution in [0.5, 0.6) is 0 Å². The third-order valence-electron chi connectivity index (χ3n) is 4.48. The largest absolute Gasteiger partial charge is 0.377 e. The summed E-state index contributed by atoms with van der Waals surface area (Å²) in [5, 5.41) is 12.1. The Morgan fingerprint density at radius 2 is 1.95 bits per heavy atom. The van der Waals surface area contributed by atoms with E-state index in [0.717, 1.165) is 25.7 Å². The molecule has 0 saturated heterocycles. The molecule has 1 unspecified atom stereocenters. The standard InChI is InChI=1S/C13H25N5O/c1-12(2)5-7-13(19-4,8-6-12)10(14)9-11-15-17-18(3)16-11/h10H,5-9,14H2,1-4H3. The number of aromatic nitrogens is 4. The van der Waals surface area contributed by atoms with Gasteiger partial charge in [0.2, 0.25) is 0 Å². The lowest BCUT2D eigenvalue weighted by atomic mass is 9.68. The van der Waals surface area contributed by atoms with Crippen LogP contribution in [-0.2, 0) is 18.2 Å². The van der Waals surface area contributed by atoms with E-state index in [0.29, 0.717) is 17.7 Å². The molecule has 0 amide bonds. The predicted octanol–water partition coefficient (Wildman–Crippen LogP) is 1.07. The molecule has 0 spiro atoms. The van der Waals surface area contributed by atoms with Crippen LogP contribution in [0.4, 0.5) is 0 Å². The topological polar surface area (TPSA) is 78.9 Å². The lowest BCUT2D eigenvalue weighted by Gasteiger charge is -2.45. The van der Waals surface area contributed by atoms with Crippen molar-refractivity contribution in [2.75, 3.05) is 7.11 Å². The SMILES string of the molecule is COC1(C(N)Cc2nnn(C)n2)CCC(C)(C)CC1. The number of methoxy groups -OCH3 is 1. The fourth-order valence-corrected chi connectivity index (χ4v) is 2.86. The van der Waals surface area contributed by atoms with Crippen molar-refractivity contribution in [1.29, 1.82) is 0 Å². The minimum absolute atomic E-state index is 0.0854. The second-order valence-electron chi connectivity index (χ2n) is 6.44. The maximum atomic E-state index is 6.38. The summed E-state index contributed by atoms with van der Waals surface area (Å²) in [6.07, 6.45) is 4.89. The second-order valence-corrected chi connectivity index (χ2v) is 6.44. The first kappa shape index (κ1) is 14.4. The Bertz CT molecular complexity index is 418. The van der Waals surface area contributed by atoms with Gasteiger partial charge < -0.3 is 10.5 Å². The molecule has 1 heterocycles. The van der Waals surface area contributed by atoms with Crippen LogP contribution in [0.3, 0.4) is 0 Å². The molecule has 6 heteroatoms. The van der Waals surface area contributed by atoms with Gasteiger partial charge in [0.25, 0.3) is 0 Å². The molecular weight excluding hydrogens is 242 g/mol. The number of aryl methyl sites for hydroxylation is 1. The quantitative estimate of drug-likeness (QED) is 0.882. The van der Waals surface area contributed by atoms with E-state index in [1.54, 1.807) is 14.2 Å². The van der Waals surface area contributed by atoms with E-state index in [4.69, 9.17) is 10.5 Å². The van der Waals surface area contributed by atoms with Gasteiger partial charge in [0.1, 0.15) is 0 Å². The maximum Gasteiger partial charge on any atom is 0.176 e. The fraction of sp³-hybridized carbons (Fsp3) is 0.923. The van der Waals surface area contributed by atoms with Crippen LogP contribution >= 0.6 is 0 Å². The highest BCUT2D eigenvalue weighted by Gasteiger charge is 2.43. The minimum atomic E-state index is -0.241. The molecule has 6 nitrogen and oxygen atoms in total. The van der Waals surface area contributed by atoms with Crippen LogP contribution in [0.1, 0.15) is 45.4 Å². The highest BCUT2D eigenvalue weighted by Crippen LogP contribution is 2.43. The molecule has 0 aromatic carbocycles. The zero-order chi connectivity index (χ0) is 14.1. The average molecular weight is 267 g/mol. The van der Waals surface area contributed by atoms with Gasteiger partial charge in [-0.25, -0.2) is 0 Å². The van der Waals surface area contributed by atoms with Gasteiger partial charge in [0.15, 0.2) is 5.82 Å². The van der Waals surface area contributed by atoms with Crippen molar-refractivity contribution in [3.63, 3.8) is 0 Å². The van der Waals surface area contributed by atoms with Crippen LogP contribution in [0.15, 0.2) is 0 Å². The number of nitrogens with two attached hydrogens (primary N) is 1. The van der Waals surface area contributed by atoms with Gasteiger partial charge in [-0.05, 0) is 36.3 Å². The van der Waals surface area contributed by atoms with Crippen molar-refractivity contribution in [2.45, 2.75) is 57.6 Å². The second kappa shape index (κ2) is 5.17. The highest BCUT2D eigenvalue weighted by molar-refractivity contribution is 5.00. The third-order valence-corrected chi connectivity index (χ3v) is 4.48. The zero-order valence-corrected chi connectivity index (χ0v) is 12.4. The van der Waals surface area contributed by atoms with Gasteiger partial charge in [-0.3, -0.25) is 0 Å². The van der Waals surface area contributed by atoms with Crippen LogP contribution < -0.4 is 5.73 Å². The number of ether oxygens (including phenoxy) is 1. The third kappa shape index (κ3) is 3.12. The summed E-state index contributed by atoms with van der Waals surface area (Å²) in [5.41, 5.74) is 6.54. The van der Waals surface area contributed by atoms with E-state index < -0.39 is 0 Å². The van der Waals surface area contributed by atoms with E-state index in [9.17, 15) is 0 Å². The molecule has 1 aliphatic carbocycles. The van der Waals surface area contributed by atoms with Crippen molar-refractivity contribution in [1.82, 2.24) is 20.2 Å². The van der Waals surface area contributed by atoms with Gasteiger partial charge >= 0.3 is 0 Å². The van der Waals surface area contributed by atoms with E-state index >= 15 is 0 Å². The number of rotatable bonds is 4. The van der Waals surface area contributed by atoms with Crippen LogP contribution in [0, 0.1) is 5.41 Å². The molecule has 1 saturated carbocycles. The van der Waals surface area contributed by atoms with Gasteiger partial charge in [-0.15, -0.1) is 10.2 Å². The molecule has 19 heavy (non-hydrogen) atoms. The molecule has 1 fully saturated rings. The monoisotopic (exact) mass is 267 g/mol. The Morgan fingerprint density at radius 1 is 1.32 bits per heavy atom. The van der Waals surface area contributed by atoms with Crippen molar-refractivity contribution < 1.29 is 4.74 Å². The Labute approximate surface area is 114 Å². The number of tetrazole rings is 1. The lowest BCUT2D eigenvalue weighted by Crippen LogP contribution is -2.53. The normalized spacial score (nSPS) is 23.2. The predicted molar refractivity (Wildman–Crippen MR) is 72.5 cm³/mol. The zero-order valence-electron chi connectivity index (χ0n) is 12.4. The van der Waals surface area contributed by atoms with Gasteiger partial charge in [0.05, 0.1) is 12.6 Å². The molecule has 0 bridgehead atoms. The Kier molecular flexibility index (Phi) is 3.92. The van der Waals surface area contributed by atoms with Gasteiger partial charge in [-0.1, -0.05) is 13.8 Å². The maximum absolute atomic E-state index is 6.38. The number of hydrogen-bond acceptors (Lipinski definition) is 5. The van der Waals surface area contributed by atoms with Crippen molar-refractivity contribution >= 4 is 0 Å². The van der Waals surface area contributed by atoms with E-state index in [-0.39, 0.29) is 11.6 Å². The molecule has 0 radical (unpaired) electrons. The fourth-order valence-electron chi connectivity index (χ4n) is 2.86. The molecule has 108 valence electrons. The number of hydrogen-bond donors (Lipinski definition) is 1. The first-order chi connectivity index (χ1) is 8.87. The number of nitrogens with zero attached hydrogens (tertiary/aromatic N) is 4. The summed E-state index contributed by atoms with van der Waals surface area (Å²) in [6, 6.07) is -0.0854. The average Bonchev–Trinajstić information content (AvgIpc) is 2.75. The molecule has 1 aliphatic rings. The van der Waals surface area contributed by atoms with E-state index in [1.165, 1.54) is 4.80 Å². The molecule has 1 atom stereocenters. The van der Waals surface area contributed by atoms with Crippen LogP contribution in [-0.4, -0.2) is 39.0 Å². The lowest BCUT2D eigenvalue weighted by molar-refractivity contribution is -0.0784. The summed E-state index contributed by atoms with van der Waals surface area (Å²) < 4.78 is 5.81. The summed E-state index contributed by atoms with van der Waals surface area (Å²) in [5.74, 6) is 0.691. The summed E-state index contributed by atoms with van der Waals surface area (Å²) in [6.45, 7) is 4.62. The van der Waals surface area contributed by atoms with Crippen molar-refractivity contribution in [3.8, 4) is 0 Å². The Balaban J connectivity index is 2.05.